The maximum atomic E-state index is 11.6. The van der Waals surface area contributed by atoms with E-state index in [9.17, 15) is 13.2 Å². The Morgan fingerprint density at radius 3 is 2.80 bits per heavy atom. The second-order valence-corrected chi connectivity index (χ2v) is 5.64. The minimum absolute atomic E-state index is 0.0565. The molecule has 0 aromatic carbocycles. The second kappa shape index (κ2) is 5.02. The Kier molecular flexibility index (Phi) is 3.96. The van der Waals surface area contributed by atoms with Crippen molar-refractivity contribution in [1.29, 1.82) is 0 Å². The Hall–Kier alpha value is -1.23. The summed E-state index contributed by atoms with van der Waals surface area (Å²) in [4.78, 5) is 14.2. The lowest BCUT2D eigenvalue weighted by atomic mass is 10.3. The van der Waals surface area contributed by atoms with E-state index in [4.69, 9.17) is 0 Å². The van der Waals surface area contributed by atoms with E-state index in [1.165, 1.54) is 6.20 Å². The molecular formula is C10H13NO3S. The number of hydrogen-bond acceptors (Lipinski definition) is 4. The normalized spacial score (nSPS) is 13.4. The smallest absolute Gasteiger partial charge is 0.155 e. The average Bonchev–Trinajstić information content (AvgIpc) is 2.17. The highest BCUT2D eigenvalue weighted by Crippen LogP contribution is 2.07. The third-order valence-electron chi connectivity index (χ3n) is 1.86. The molecule has 4 nitrogen and oxygen atoms in total. The van der Waals surface area contributed by atoms with Crippen molar-refractivity contribution in [2.45, 2.75) is 12.7 Å². The van der Waals surface area contributed by atoms with Crippen LogP contribution in [0.1, 0.15) is 12.5 Å². The summed E-state index contributed by atoms with van der Waals surface area (Å²) in [5.74, 6) is -0.614. The van der Waals surface area contributed by atoms with E-state index in [2.05, 4.69) is 4.98 Å². The first kappa shape index (κ1) is 11.8. The van der Waals surface area contributed by atoms with Crippen molar-refractivity contribution in [1.82, 2.24) is 4.98 Å². The second-order valence-electron chi connectivity index (χ2n) is 3.53. The molecule has 0 N–H and O–H groups in total. The molecule has 0 saturated carbocycles. The topological polar surface area (TPSA) is 64.1 Å². The molecule has 1 aromatic rings. The molecule has 0 fully saturated rings. The van der Waals surface area contributed by atoms with Gasteiger partial charge >= 0.3 is 0 Å². The summed E-state index contributed by atoms with van der Waals surface area (Å²) in [7, 11) is -3.22. The Morgan fingerprint density at radius 1 is 1.53 bits per heavy atom. The van der Waals surface area contributed by atoms with E-state index >= 15 is 0 Å². The van der Waals surface area contributed by atoms with Gasteiger partial charge in [0.05, 0.1) is 11.5 Å². The highest BCUT2D eigenvalue weighted by Gasteiger charge is 2.15. The van der Waals surface area contributed by atoms with Gasteiger partial charge in [0.25, 0.3) is 0 Å². The maximum Gasteiger partial charge on any atom is 0.155 e. The number of sulfone groups is 1. The predicted molar refractivity (Wildman–Crippen MR) is 57.0 cm³/mol. The third kappa shape index (κ3) is 4.20. The van der Waals surface area contributed by atoms with Crippen molar-refractivity contribution >= 4 is 16.1 Å². The zero-order valence-corrected chi connectivity index (χ0v) is 9.28. The standard InChI is InChI=1S/C10H13NO3S/c1-9(6-12)7-15(13,14)8-10-3-2-4-11-5-10/h2-6,9H,7-8H2,1H3/t9-/m1/s1. The van der Waals surface area contributed by atoms with Crippen molar-refractivity contribution in [3.63, 3.8) is 0 Å². The molecular weight excluding hydrogens is 214 g/mol. The molecule has 0 aliphatic heterocycles. The van der Waals surface area contributed by atoms with Crippen molar-refractivity contribution in [2.75, 3.05) is 5.75 Å². The van der Waals surface area contributed by atoms with Gasteiger partial charge in [-0.2, -0.15) is 0 Å². The Labute approximate surface area is 89.3 Å². The largest absolute Gasteiger partial charge is 0.303 e. The van der Waals surface area contributed by atoms with Crippen LogP contribution in [0.2, 0.25) is 0 Å². The van der Waals surface area contributed by atoms with E-state index in [0.717, 1.165) is 0 Å². The van der Waals surface area contributed by atoms with Crippen LogP contribution in [0.4, 0.5) is 0 Å². The van der Waals surface area contributed by atoms with Gasteiger partial charge < -0.3 is 4.79 Å². The molecule has 0 spiro atoms. The minimum Gasteiger partial charge on any atom is -0.303 e. The van der Waals surface area contributed by atoms with Crippen molar-refractivity contribution < 1.29 is 13.2 Å². The first-order valence-corrected chi connectivity index (χ1v) is 6.40. The lowest BCUT2D eigenvalue weighted by Crippen LogP contribution is -2.16. The number of aromatic nitrogens is 1. The lowest BCUT2D eigenvalue weighted by Gasteiger charge is -2.05. The molecule has 0 radical (unpaired) electrons. The van der Waals surface area contributed by atoms with E-state index in [1.807, 2.05) is 0 Å². The van der Waals surface area contributed by atoms with Crippen LogP contribution in [-0.2, 0) is 20.4 Å². The zero-order chi connectivity index (χ0) is 11.3. The summed E-state index contributed by atoms with van der Waals surface area (Å²) in [6, 6.07) is 3.39. The first-order chi connectivity index (χ1) is 7.03. The van der Waals surface area contributed by atoms with E-state index in [-0.39, 0.29) is 11.5 Å². The number of carbonyl (C=O) groups is 1. The van der Waals surface area contributed by atoms with Crippen LogP contribution in [0.5, 0.6) is 0 Å². The lowest BCUT2D eigenvalue weighted by molar-refractivity contribution is -0.110. The molecule has 82 valence electrons. The predicted octanol–water partition coefficient (Wildman–Crippen LogP) is 0.831. The molecule has 1 rings (SSSR count). The van der Waals surface area contributed by atoms with E-state index in [1.54, 1.807) is 25.3 Å². The molecule has 1 atom stereocenters. The van der Waals surface area contributed by atoms with Crippen LogP contribution in [-0.4, -0.2) is 25.4 Å². The molecule has 1 aromatic heterocycles. The Morgan fingerprint density at radius 2 is 2.27 bits per heavy atom. The van der Waals surface area contributed by atoms with Gasteiger partial charge in [0, 0.05) is 18.3 Å². The van der Waals surface area contributed by atoms with Crippen LogP contribution < -0.4 is 0 Å². The Balaban J connectivity index is 2.69. The fraction of sp³-hybridized carbons (Fsp3) is 0.400. The number of aldehydes is 1. The van der Waals surface area contributed by atoms with Crippen LogP contribution in [0.15, 0.2) is 24.5 Å². The van der Waals surface area contributed by atoms with Gasteiger partial charge in [0.2, 0.25) is 0 Å². The highest BCUT2D eigenvalue weighted by molar-refractivity contribution is 7.90. The quantitative estimate of drug-likeness (QED) is 0.699. The van der Waals surface area contributed by atoms with Crippen LogP contribution >= 0.6 is 0 Å². The van der Waals surface area contributed by atoms with Gasteiger partial charge in [-0.05, 0) is 11.6 Å². The van der Waals surface area contributed by atoms with Crippen LogP contribution in [0.25, 0.3) is 0 Å². The summed E-state index contributed by atoms with van der Waals surface area (Å²) >= 11 is 0. The van der Waals surface area contributed by atoms with Crippen LogP contribution in [0.3, 0.4) is 0 Å². The van der Waals surface area contributed by atoms with Crippen molar-refractivity contribution in [3.05, 3.63) is 30.1 Å². The summed E-state index contributed by atoms with van der Waals surface area (Å²) in [5.41, 5.74) is 0.649. The van der Waals surface area contributed by atoms with E-state index in [0.29, 0.717) is 11.8 Å². The van der Waals surface area contributed by atoms with E-state index < -0.39 is 15.8 Å². The molecule has 1 heterocycles. The number of hydrogen-bond donors (Lipinski definition) is 0. The fourth-order valence-electron chi connectivity index (χ4n) is 1.24. The van der Waals surface area contributed by atoms with Crippen molar-refractivity contribution in [2.24, 2.45) is 5.92 Å². The van der Waals surface area contributed by atoms with Crippen LogP contribution in [0, 0.1) is 5.92 Å². The molecule has 15 heavy (non-hydrogen) atoms. The molecule has 0 aliphatic rings. The summed E-state index contributed by atoms with van der Waals surface area (Å²) in [6.45, 7) is 1.59. The monoisotopic (exact) mass is 227 g/mol. The molecule has 5 heteroatoms. The number of rotatable bonds is 5. The SMILES string of the molecule is C[C@H](C=O)CS(=O)(=O)Cc1cccnc1. The van der Waals surface area contributed by atoms with Gasteiger partial charge in [-0.1, -0.05) is 13.0 Å². The van der Waals surface area contributed by atoms with Gasteiger partial charge in [-0.15, -0.1) is 0 Å². The van der Waals surface area contributed by atoms with Gasteiger partial charge in [-0.3, -0.25) is 4.98 Å². The average molecular weight is 227 g/mol. The fourth-order valence-corrected chi connectivity index (χ4v) is 2.91. The number of nitrogens with zero attached hydrogens (tertiary/aromatic N) is 1. The summed E-state index contributed by atoms with van der Waals surface area (Å²) < 4.78 is 23.2. The molecule has 0 saturated heterocycles. The molecule has 0 bridgehead atoms. The molecule has 0 amide bonds. The van der Waals surface area contributed by atoms with Gasteiger partial charge in [0.1, 0.15) is 6.29 Å². The third-order valence-corrected chi connectivity index (χ3v) is 3.67. The first-order valence-electron chi connectivity index (χ1n) is 4.58. The van der Waals surface area contributed by atoms with Gasteiger partial charge in [0.15, 0.2) is 9.84 Å². The van der Waals surface area contributed by atoms with Gasteiger partial charge in [-0.25, -0.2) is 8.42 Å². The molecule has 0 aliphatic carbocycles. The Bertz CT molecular complexity index is 414. The maximum absolute atomic E-state index is 11.6. The van der Waals surface area contributed by atoms with Crippen molar-refractivity contribution in [3.8, 4) is 0 Å². The minimum atomic E-state index is -3.22. The summed E-state index contributed by atoms with van der Waals surface area (Å²) in [6.07, 6.45) is 3.76. The summed E-state index contributed by atoms with van der Waals surface area (Å²) in [5, 5.41) is 0. The molecule has 0 unspecified atom stereocenters. The number of carbonyl (C=O) groups excluding carboxylic acids is 1. The number of pyridine rings is 1. The highest BCUT2D eigenvalue weighted by atomic mass is 32.2. The zero-order valence-electron chi connectivity index (χ0n) is 8.46.